The Labute approximate surface area is 300 Å². The number of rotatable bonds is 7. The molecular weight excluding hydrogens is 735 g/mol. The van der Waals surface area contributed by atoms with Crippen LogP contribution in [-0.2, 0) is 25.8 Å². The molecule has 2 nitrogen and oxygen atoms in total. The molecule has 1 unspecified atom stereocenters. The quantitative estimate of drug-likeness (QED) is 0.0900. The summed E-state index contributed by atoms with van der Waals surface area (Å²) in [5.74, 6) is 0.678. The Balaban J connectivity index is 0.00000167. The largest absolute Gasteiger partial charge is 4.00 e. The number of hydrogen-bond acceptors (Lipinski definition) is 1. The van der Waals surface area contributed by atoms with Gasteiger partial charge in [-0.3, -0.25) is 0 Å². The Morgan fingerprint density at radius 2 is 1.13 bits per heavy atom. The molecule has 232 valence electrons. The van der Waals surface area contributed by atoms with Gasteiger partial charge in [0.25, 0.3) is 0 Å². The minimum atomic E-state index is -0.308. The van der Waals surface area contributed by atoms with E-state index in [-0.39, 0.29) is 46.7 Å². The van der Waals surface area contributed by atoms with Crippen molar-refractivity contribution in [3.05, 3.63) is 176 Å². The normalized spacial score (nSPS) is 11.6. The molecule has 1 heterocycles. The molecule has 1 aromatic heterocycles. The van der Waals surface area contributed by atoms with Crippen LogP contribution < -0.4 is 0 Å². The van der Waals surface area contributed by atoms with E-state index in [2.05, 4.69) is 155 Å². The molecule has 3 heteroatoms. The predicted molar refractivity (Wildman–Crippen MR) is 200 cm³/mol. The van der Waals surface area contributed by atoms with Gasteiger partial charge >= 0.3 is 25.8 Å². The fourth-order valence-corrected chi connectivity index (χ4v) is 6.51. The Morgan fingerprint density at radius 1 is 0.553 bits per heavy atom. The van der Waals surface area contributed by atoms with Crippen LogP contribution in [0.5, 0.6) is 0 Å². The topological polar surface area (TPSA) is 27.0 Å². The van der Waals surface area contributed by atoms with Crippen LogP contribution in [0, 0.1) is 20.9 Å². The standard InChI is InChI=1S/C42H36N2.2CH3.Hf/c1-27(2)31-21-12-22-32(28(3)4)41(31)44-42(38-26-30-15-6-8-18-34(30)35-19-9-10-20-36(35)38)40-25-13-24-39(43-40)37-23-11-16-29-14-5-7-17-33(29)37;;;/h5-22,24-28,42H,1-4H3;2*1H3;/q-2;2*-1;+4. The Morgan fingerprint density at radius 3 is 1.81 bits per heavy atom. The second-order valence-corrected chi connectivity index (χ2v) is 12.2. The summed E-state index contributed by atoms with van der Waals surface area (Å²) in [6, 6.07) is 48.5. The zero-order valence-electron chi connectivity index (χ0n) is 28.3. The van der Waals surface area contributed by atoms with Crippen molar-refractivity contribution in [3.63, 3.8) is 0 Å². The first-order valence-corrected chi connectivity index (χ1v) is 15.6. The molecule has 0 aliphatic rings. The van der Waals surface area contributed by atoms with E-state index in [1.807, 2.05) is 6.07 Å². The van der Waals surface area contributed by atoms with Crippen LogP contribution in [0.3, 0.4) is 0 Å². The number of hydrogen-bond donors (Lipinski definition) is 0. The van der Waals surface area contributed by atoms with Crippen LogP contribution in [0.2, 0.25) is 0 Å². The van der Waals surface area contributed by atoms with Crippen LogP contribution in [0.1, 0.15) is 68.0 Å². The predicted octanol–water partition coefficient (Wildman–Crippen LogP) is 12.9. The molecule has 6 aromatic carbocycles. The summed E-state index contributed by atoms with van der Waals surface area (Å²) in [4.78, 5) is 5.38. The van der Waals surface area contributed by atoms with E-state index in [1.54, 1.807) is 0 Å². The van der Waals surface area contributed by atoms with E-state index >= 15 is 0 Å². The molecule has 0 fully saturated rings. The summed E-state index contributed by atoms with van der Waals surface area (Å²) < 4.78 is 0. The van der Waals surface area contributed by atoms with Crippen LogP contribution in [0.15, 0.2) is 127 Å². The van der Waals surface area contributed by atoms with E-state index in [9.17, 15) is 0 Å². The third-order valence-corrected chi connectivity index (χ3v) is 8.72. The maximum atomic E-state index is 5.72. The summed E-state index contributed by atoms with van der Waals surface area (Å²) in [6.07, 6.45) is 0. The van der Waals surface area contributed by atoms with Crippen molar-refractivity contribution in [2.24, 2.45) is 0 Å². The molecule has 0 radical (unpaired) electrons. The monoisotopic (exact) mass is 778 g/mol. The van der Waals surface area contributed by atoms with Crippen molar-refractivity contribution in [1.82, 2.24) is 4.98 Å². The van der Waals surface area contributed by atoms with Crippen molar-refractivity contribution in [3.8, 4) is 11.3 Å². The zero-order chi connectivity index (χ0) is 30.2. The molecule has 0 spiro atoms. The number of pyridine rings is 1. The Kier molecular flexibility index (Phi) is 11.6. The van der Waals surface area contributed by atoms with Gasteiger partial charge in [0.05, 0.1) is 0 Å². The summed E-state index contributed by atoms with van der Waals surface area (Å²) in [5.41, 5.74) is 7.64. The maximum absolute atomic E-state index is 5.72. The molecule has 0 amide bonds. The molecule has 7 rings (SSSR count). The molecule has 0 saturated heterocycles. The minimum Gasteiger partial charge on any atom is -0.673 e. The SMILES string of the molecule is CC(C)c1cccc(C(C)C)c1[N-]C(c1cccc(-c2[c-]ccc3ccccc23)n1)c1cc2ccccc2c2ccccc12.[CH3-].[CH3-].[Hf+4]. The summed E-state index contributed by atoms with van der Waals surface area (Å²) >= 11 is 0. The van der Waals surface area contributed by atoms with Crippen LogP contribution in [-0.4, -0.2) is 4.98 Å². The summed E-state index contributed by atoms with van der Waals surface area (Å²) in [7, 11) is 0. The van der Waals surface area contributed by atoms with Crippen molar-refractivity contribution in [2.75, 3.05) is 0 Å². The van der Waals surface area contributed by atoms with Crippen molar-refractivity contribution in [2.45, 2.75) is 45.6 Å². The van der Waals surface area contributed by atoms with Gasteiger partial charge in [-0.2, -0.15) is 0 Å². The summed E-state index contributed by atoms with van der Waals surface area (Å²) in [6.45, 7) is 9.03. The van der Waals surface area contributed by atoms with E-state index in [1.165, 1.54) is 43.6 Å². The number of benzene rings is 6. The van der Waals surface area contributed by atoms with Gasteiger partial charge in [0, 0.05) is 5.69 Å². The van der Waals surface area contributed by atoms with Gasteiger partial charge in [-0.1, -0.05) is 153 Å². The molecule has 1 atom stereocenters. The van der Waals surface area contributed by atoms with E-state index in [0.717, 1.165) is 28.0 Å². The van der Waals surface area contributed by atoms with Crippen LogP contribution >= 0.6 is 0 Å². The molecule has 0 bridgehead atoms. The smallest absolute Gasteiger partial charge is 0.673 e. The Bertz CT molecular complexity index is 2100. The van der Waals surface area contributed by atoms with Gasteiger partial charge in [-0.25, -0.2) is 0 Å². The summed E-state index contributed by atoms with van der Waals surface area (Å²) in [5, 5.41) is 13.0. The van der Waals surface area contributed by atoms with Gasteiger partial charge < -0.3 is 25.2 Å². The number of nitrogens with zero attached hydrogens (tertiary/aromatic N) is 2. The van der Waals surface area contributed by atoms with Crippen LogP contribution in [0.25, 0.3) is 48.9 Å². The molecule has 0 aliphatic heterocycles. The third-order valence-electron chi connectivity index (χ3n) is 8.72. The molecule has 0 saturated carbocycles. The average molecular weight is 777 g/mol. The van der Waals surface area contributed by atoms with Crippen molar-refractivity contribution in [1.29, 1.82) is 0 Å². The second-order valence-electron chi connectivity index (χ2n) is 12.2. The minimum absolute atomic E-state index is 0. The van der Waals surface area contributed by atoms with Gasteiger partial charge in [-0.15, -0.1) is 34.8 Å². The molecular formula is C44H42HfN2. The average Bonchev–Trinajstić information content (AvgIpc) is 3.06. The number of para-hydroxylation sites is 1. The fourth-order valence-electron chi connectivity index (χ4n) is 6.51. The van der Waals surface area contributed by atoms with Gasteiger partial charge in [0.2, 0.25) is 0 Å². The molecule has 0 N–H and O–H groups in total. The molecule has 7 aromatic rings. The number of aromatic nitrogens is 1. The van der Waals surface area contributed by atoms with E-state index < -0.39 is 0 Å². The van der Waals surface area contributed by atoms with Gasteiger partial charge in [-0.05, 0) is 56.7 Å². The Hall–Kier alpha value is -4.08. The van der Waals surface area contributed by atoms with Crippen molar-refractivity contribution >= 4 is 38.0 Å². The number of fused-ring (bicyclic) bond motifs is 4. The first-order valence-electron chi connectivity index (χ1n) is 15.6. The first kappa shape index (κ1) is 35.8. The molecule has 47 heavy (non-hydrogen) atoms. The van der Waals surface area contributed by atoms with E-state index in [4.69, 9.17) is 10.3 Å². The van der Waals surface area contributed by atoms with E-state index in [0.29, 0.717) is 11.8 Å². The molecule has 0 aliphatic carbocycles. The van der Waals surface area contributed by atoms with Crippen molar-refractivity contribution < 1.29 is 25.8 Å². The maximum Gasteiger partial charge on any atom is 4.00 e. The van der Waals surface area contributed by atoms with Gasteiger partial charge in [0.1, 0.15) is 0 Å². The second kappa shape index (κ2) is 15.2. The fraction of sp³-hybridized carbons (Fsp3) is 0.159. The third kappa shape index (κ3) is 6.83. The van der Waals surface area contributed by atoms with Gasteiger partial charge in [0.15, 0.2) is 0 Å². The zero-order valence-corrected chi connectivity index (χ0v) is 31.8. The van der Waals surface area contributed by atoms with Crippen LogP contribution in [0.4, 0.5) is 5.69 Å². The first-order chi connectivity index (χ1) is 21.5.